The highest BCUT2D eigenvalue weighted by atomic mass is 32.1. The third-order valence-corrected chi connectivity index (χ3v) is 4.20. The Morgan fingerprint density at radius 3 is 2.96 bits per heavy atom. The fraction of sp³-hybridized carbons (Fsp3) is 0.286. The number of amides is 1. The molecule has 0 radical (unpaired) electrons. The van der Waals surface area contributed by atoms with Crippen LogP contribution in [-0.4, -0.2) is 36.7 Å². The number of halogens is 2. The lowest BCUT2D eigenvalue weighted by Crippen LogP contribution is -2.41. The lowest BCUT2D eigenvalue weighted by Gasteiger charge is -2.13. The number of nitrogens with zero attached hydrogens (tertiary/aromatic N) is 1. The maximum Gasteiger partial charge on any atom is 0.277 e. The topological polar surface area (TPSA) is 86.5 Å². The number of carbonyl (C=O) groups is 1. The second-order valence-electron chi connectivity index (χ2n) is 4.84. The molecular formula is C14H13F2N3O3S. The number of rotatable bonds is 5. The number of carbonyl (C=O) groups excluding carboxylic acids is 1. The molecule has 0 saturated heterocycles. The van der Waals surface area contributed by atoms with E-state index in [1.165, 1.54) is 6.20 Å². The predicted molar refractivity (Wildman–Crippen MR) is 80.0 cm³/mol. The second kappa shape index (κ2) is 6.09. The number of nitrogens with two attached hydrogens (primary N) is 1. The number of aromatic nitrogens is 1. The number of thiazole rings is 1. The van der Waals surface area contributed by atoms with Gasteiger partial charge in [-0.2, -0.15) is 0 Å². The van der Waals surface area contributed by atoms with Gasteiger partial charge in [-0.15, -0.1) is 11.3 Å². The van der Waals surface area contributed by atoms with E-state index in [1.807, 2.05) is 0 Å². The zero-order chi connectivity index (χ0) is 16.4. The summed E-state index contributed by atoms with van der Waals surface area (Å²) in [5.41, 5.74) is 5.68. The van der Waals surface area contributed by atoms with Gasteiger partial charge in [-0.05, 0) is 18.2 Å². The van der Waals surface area contributed by atoms with Gasteiger partial charge in [-0.1, -0.05) is 0 Å². The van der Waals surface area contributed by atoms with Crippen molar-refractivity contribution < 1.29 is 23.0 Å². The summed E-state index contributed by atoms with van der Waals surface area (Å²) in [5.74, 6) is -2.48. The van der Waals surface area contributed by atoms with Gasteiger partial charge in [0, 0.05) is 5.56 Å². The highest BCUT2D eigenvalue weighted by molar-refractivity contribution is 7.16. The Balaban J connectivity index is 1.72. The summed E-state index contributed by atoms with van der Waals surface area (Å²) in [6, 6.07) is 5.29. The van der Waals surface area contributed by atoms with Gasteiger partial charge in [0.05, 0.1) is 19.3 Å². The van der Waals surface area contributed by atoms with Crippen molar-refractivity contribution in [2.24, 2.45) is 5.73 Å². The van der Waals surface area contributed by atoms with Crippen molar-refractivity contribution >= 4 is 17.2 Å². The number of hydrogen-bond acceptors (Lipinski definition) is 6. The van der Waals surface area contributed by atoms with Crippen molar-refractivity contribution in [3.05, 3.63) is 29.3 Å². The third kappa shape index (κ3) is 3.40. The number of ether oxygens (including phenoxy) is 2. The van der Waals surface area contributed by atoms with Crippen LogP contribution < -0.4 is 20.5 Å². The van der Waals surface area contributed by atoms with Crippen LogP contribution in [0.1, 0.15) is 9.67 Å². The molecule has 1 aliphatic rings. The number of benzene rings is 1. The molecule has 0 atom stereocenters. The van der Waals surface area contributed by atoms with Crippen molar-refractivity contribution in [3.63, 3.8) is 0 Å². The molecule has 0 spiro atoms. The van der Waals surface area contributed by atoms with Crippen LogP contribution in [0.25, 0.3) is 10.6 Å². The molecule has 23 heavy (non-hydrogen) atoms. The molecule has 1 aromatic heterocycles. The largest absolute Gasteiger partial charge is 0.454 e. The van der Waals surface area contributed by atoms with Gasteiger partial charge in [0.25, 0.3) is 11.8 Å². The van der Waals surface area contributed by atoms with Crippen LogP contribution in [0.4, 0.5) is 8.78 Å². The minimum absolute atomic E-state index is 0.166. The molecule has 0 bridgehead atoms. The van der Waals surface area contributed by atoms with Crippen molar-refractivity contribution in [1.29, 1.82) is 0 Å². The van der Waals surface area contributed by atoms with Crippen molar-refractivity contribution in [1.82, 2.24) is 10.3 Å². The molecule has 1 aliphatic heterocycles. The minimum Gasteiger partial charge on any atom is -0.454 e. The van der Waals surface area contributed by atoms with E-state index >= 15 is 0 Å². The van der Waals surface area contributed by atoms with Crippen molar-refractivity contribution in [3.8, 4) is 22.1 Å². The Labute approximate surface area is 134 Å². The Hall–Kier alpha value is -2.26. The Bertz CT molecular complexity index is 736. The molecule has 0 aliphatic carbocycles. The molecule has 6 nitrogen and oxygen atoms in total. The summed E-state index contributed by atoms with van der Waals surface area (Å²) in [6.45, 7) is -1.46. The fourth-order valence-electron chi connectivity index (χ4n) is 1.91. The molecule has 0 unspecified atom stereocenters. The van der Waals surface area contributed by atoms with Crippen LogP contribution in [-0.2, 0) is 0 Å². The maximum absolute atomic E-state index is 13.0. The van der Waals surface area contributed by atoms with Gasteiger partial charge in [0.15, 0.2) is 11.5 Å². The molecular weight excluding hydrogens is 328 g/mol. The predicted octanol–water partition coefficient (Wildman–Crippen LogP) is 1.86. The molecule has 2 aromatic rings. The SMILES string of the molecule is NCC(F)(F)CNC(=O)c1cnc(-c2ccc3c(c2)OCO3)s1. The van der Waals surface area contributed by atoms with Crippen LogP contribution in [0.2, 0.25) is 0 Å². The second-order valence-corrected chi connectivity index (χ2v) is 5.87. The van der Waals surface area contributed by atoms with E-state index < -0.39 is 24.9 Å². The van der Waals surface area contributed by atoms with E-state index in [0.29, 0.717) is 16.5 Å². The van der Waals surface area contributed by atoms with Crippen molar-refractivity contribution in [2.45, 2.75) is 5.92 Å². The van der Waals surface area contributed by atoms with Gasteiger partial charge in [-0.25, -0.2) is 13.8 Å². The van der Waals surface area contributed by atoms with Crippen LogP contribution in [0, 0.1) is 0 Å². The minimum atomic E-state index is -3.12. The van der Waals surface area contributed by atoms with Crippen LogP contribution in [0.5, 0.6) is 11.5 Å². The lowest BCUT2D eigenvalue weighted by atomic mass is 10.2. The van der Waals surface area contributed by atoms with Crippen LogP contribution >= 0.6 is 11.3 Å². The first-order valence-corrected chi connectivity index (χ1v) is 7.52. The molecule has 9 heteroatoms. The van der Waals surface area contributed by atoms with E-state index in [2.05, 4.69) is 10.3 Å². The maximum atomic E-state index is 13.0. The molecule has 3 N–H and O–H groups in total. The van der Waals surface area contributed by atoms with Gasteiger partial charge < -0.3 is 20.5 Å². The molecule has 2 heterocycles. The first-order valence-electron chi connectivity index (χ1n) is 6.70. The average Bonchev–Trinajstić information content (AvgIpc) is 3.20. The van der Waals surface area contributed by atoms with Crippen LogP contribution in [0.3, 0.4) is 0 Å². The molecule has 3 rings (SSSR count). The molecule has 1 aromatic carbocycles. The smallest absolute Gasteiger partial charge is 0.277 e. The number of hydrogen-bond donors (Lipinski definition) is 2. The molecule has 0 saturated carbocycles. The Morgan fingerprint density at radius 2 is 2.17 bits per heavy atom. The first kappa shape index (κ1) is 15.6. The molecule has 1 amide bonds. The summed E-state index contributed by atoms with van der Waals surface area (Å²) in [7, 11) is 0. The zero-order valence-electron chi connectivity index (χ0n) is 11.8. The van der Waals surface area contributed by atoms with E-state index in [9.17, 15) is 13.6 Å². The third-order valence-electron chi connectivity index (χ3n) is 3.16. The zero-order valence-corrected chi connectivity index (χ0v) is 12.7. The first-order chi connectivity index (χ1) is 11.0. The van der Waals surface area contributed by atoms with E-state index in [0.717, 1.165) is 16.9 Å². The monoisotopic (exact) mass is 341 g/mol. The van der Waals surface area contributed by atoms with Gasteiger partial charge in [0.2, 0.25) is 6.79 Å². The number of alkyl halides is 2. The fourth-order valence-corrected chi connectivity index (χ4v) is 2.74. The van der Waals surface area contributed by atoms with Crippen LogP contribution in [0.15, 0.2) is 24.4 Å². The lowest BCUT2D eigenvalue weighted by molar-refractivity contribution is 0.0119. The van der Waals surface area contributed by atoms with Gasteiger partial charge >= 0.3 is 0 Å². The summed E-state index contributed by atoms with van der Waals surface area (Å²) in [5, 5.41) is 2.74. The van der Waals surface area contributed by atoms with E-state index in [1.54, 1.807) is 18.2 Å². The summed E-state index contributed by atoms with van der Waals surface area (Å²) >= 11 is 1.10. The van der Waals surface area contributed by atoms with E-state index in [4.69, 9.17) is 15.2 Å². The number of nitrogens with one attached hydrogen (secondary N) is 1. The Morgan fingerprint density at radius 1 is 1.39 bits per heavy atom. The summed E-state index contributed by atoms with van der Waals surface area (Å²) in [4.78, 5) is 16.3. The van der Waals surface area contributed by atoms with Gasteiger partial charge in [-0.3, -0.25) is 4.79 Å². The molecule has 122 valence electrons. The van der Waals surface area contributed by atoms with E-state index in [-0.39, 0.29) is 11.7 Å². The average molecular weight is 341 g/mol. The van der Waals surface area contributed by atoms with Gasteiger partial charge in [0.1, 0.15) is 9.88 Å². The Kier molecular flexibility index (Phi) is 4.14. The quantitative estimate of drug-likeness (QED) is 0.867. The standard InChI is InChI=1S/C14H13F2N3O3S/c15-14(16,5-17)6-19-12(20)11-4-18-13(23-11)8-1-2-9-10(3-8)22-7-21-9/h1-4H,5-7,17H2,(H,19,20). The van der Waals surface area contributed by atoms with Crippen molar-refractivity contribution in [2.75, 3.05) is 19.9 Å². The molecule has 0 fully saturated rings. The normalized spacial score (nSPS) is 13.2. The summed E-state index contributed by atoms with van der Waals surface area (Å²) < 4.78 is 36.6. The highest BCUT2D eigenvalue weighted by Crippen LogP contribution is 2.36. The summed E-state index contributed by atoms with van der Waals surface area (Å²) in [6.07, 6.45) is 1.35. The highest BCUT2D eigenvalue weighted by Gasteiger charge is 2.27. The number of fused-ring (bicyclic) bond motifs is 1.